The van der Waals surface area contributed by atoms with Gasteiger partial charge in [-0.25, -0.2) is 0 Å². The van der Waals surface area contributed by atoms with E-state index in [0.717, 1.165) is 12.5 Å². The van der Waals surface area contributed by atoms with Crippen molar-refractivity contribution in [2.75, 3.05) is 0 Å². The van der Waals surface area contributed by atoms with Crippen molar-refractivity contribution >= 4 is 13.6 Å². The van der Waals surface area contributed by atoms with Crippen LogP contribution < -0.4 is 5.73 Å². The van der Waals surface area contributed by atoms with E-state index in [-0.39, 0.29) is 5.53 Å². The number of amides is 1. The maximum Gasteiger partial charge on any atom is 0.189 e. The summed E-state index contributed by atoms with van der Waals surface area (Å²) in [6, 6.07) is 1.02. The Hall–Kier alpha value is -0.313. The second-order valence-electron chi connectivity index (χ2n) is 3.00. The molecule has 0 aliphatic rings. The van der Waals surface area contributed by atoms with Gasteiger partial charge in [0.25, 0.3) is 0 Å². The van der Waals surface area contributed by atoms with Gasteiger partial charge in [0.05, 0.1) is 0 Å². The number of rotatable bonds is 3. The SMILES string of the molecule is CCC[Si](C)(C)C(N)=O. The number of primary amides is 1. The Morgan fingerprint density at radius 1 is 1.56 bits per heavy atom. The first-order valence-corrected chi connectivity index (χ1v) is 6.51. The van der Waals surface area contributed by atoms with Crippen LogP contribution in [-0.4, -0.2) is 13.6 Å². The van der Waals surface area contributed by atoms with Crippen LogP contribution in [0.3, 0.4) is 0 Å². The molecule has 0 saturated carbocycles. The molecule has 0 aromatic carbocycles. The summed E-state index contributed by atoms with van der Waals surface area (Å²) in [5.74, 6) is 0. The van der Waals surface area contributed by atoms with Crippen molar-refractivity contribution in [3.8, 4) is 0 Å². The van der Waals surface area contributed by atoms with Crippen LogP contribution in [0.25, 0.3) is 0 Å². The Labute approximate surface area is 57.4 Å². The fourth-order valence-electron chi connectivity index (χ4n) is 0.748. The first kappa shape index (κ1) is 8.69. The molecule has 3 heteroatoms. The minimum absolute atomic E-state index is 0.0654. The molecule has 0 rings (SSSR count). The summed E-state index contributed by atoms with van der Waals surface area (Å²) in [5.41, 5.74) is 5.11. The standard InChI is InChI=1S/C6H15NOSi/c1-4-5-9(2,3)6(7)8/h4-5H2,1-3H3,(H2,7,8). The fourth-order valence-corrected chi connectivity index (χ4v) is 2.24. The van der Waals surface area contributed by atoms with Gasteiger partial charge in [0.2, 0.25) is 0 Å². The molecule has 54 valence electrons. The summed E-state index contributed by atoms with van der Waals surface area (Å²) in [6.45, 7) is 6.11. The third kappa shape index (κ3) is 2.65. The quantitative estimate of drug-likeness (QED) is 0.604. The first-order chi connectivity index (χ1) is 4.00. The zero-order valence-electron chi connectivity index (χ0n) is 6.40. The summed E-state index contributed by atoms with van der Waals surface area (Å²) >= 11 is 0. The lowest BCUT2D eigenvalue weighted by molar-refractivity contribution is 0.264. The summed E-state index contributed by atoms with van der Waals surface area (Å²) in [4.78, 5) is 10.7. The van der Waals surface area contributed by atoms with Gasteiger partial charge in [-0.3, -0.25) is 4.79 Å². The molecule has 0 fully saturated rings. The molecule has 0 spiro atoms. The highest BCUT2D eigenvalue weighted by molar-refractivity contribution is 7.03. The van der Waals surface area contributed by atoms with Gasteiger partial charge in [0.1, 0.15) is 0 Å². The van der Waals surface area contributed by atoms with Gasteiger partial charge in [-0.15, -0.1) is 0 Å². The number of carbonyl (C=O) groups is 1. The van der Waals surface area contributed by atoms with Gasteiger partial charge in [-0.05, 0) is 6.04 Å². The minimum atomic E-state index is -1.64. The fraction of sp³-hybridized carbons (Fsp3) is 0.833. The third-order valence-electron chi connectivity index (χ3n) is 1.54. The normalized spacial score (nSPS) is 11.4. The number of carbonyl (C=O) groups excluding carboxylic acids is 1. The Bertz CT molecular complexity index is 112. The Kier molecular flexibility index (Phi) is 2.90. The largest absolute Gasteiger partial charge is 0.374 e. The van der Waals surface area contributed by atoms with Crippen molar-refractivity contribution in [2.45, 2.75) is 32.5 Å². The molecule has 0 aromatic rings. The molecule has 0 bridgehead atoms. The predicted molar refractivity (Wildman–Crippen MR) is 42.2 cm³/mol. The van der Waals surface area contributed by atoms with E-state index < -0.39 is 8.07 Å². The zero-order valence-corrected chi connectivity index (χ0v) is 7.40. The first-order valence-electron chi connectivity index (χ1n) is 3.30. The van der Waals surface area contributed by atoms with Gasteiger partial charge in [0.15, 0.2) is 13.6 Å². The minimum Gasteiger partial charge on any atom is -0.374 e. The number of hydrogen-bond acceptors (Lipinski definition) is 1. The lowest BCUT2D eigenvalue weighted by atomic mass is 10.6. The lowest BCUT2D eigenvalue weighted by Crippen LogP contribution is -2.41. The second-order valence-corrected chi connectivity index (χ2v) is 7.76. The highest BCUT2D eigenvalue weighted by Gasteiger charge is 2.26. The molecule has 0 atom stereocenters. The van der Waals surface area contributed by atoms with E-state index in [4.69, 9.17) is 5.73 Å². The van der Waals surface area contributed by atoms with E-state index in [0.29, 0.717) is 0 Å². The maximum absolute atomic E-state index is 10.7. The Balaban J connectivity index is 3.85. The van der Waals surface area contributed by atoms with Crippen molar-refractivity contribution in [3.05, 3.63) is 0 Å². The van der Waals surface area contributed by atoms with E-state index in [9.17, 15) is 4.79 Å². The Morgan fingerprint density at radius 2 is 2.00 bits per heavy atom. The highest BCUT2D eigenvalue weighted by Crippen LogP contribution is 2.10. The van der Waals surface area contributed by atoms with Crippen molar-refractivity contribution < 1.29 is 4.79 Å². The smallest absolute Gasteiger partial charge is 0.189 e. The summed E-state index contributed by atoms with van der Waals surface area (Å²) in [7, 11) is -1.64. The monoisotopic (exact) mass is 145 g/mol. The molecule has 0 saturated heterocycles. The van der Waals surface area contributed by atoms with Gasteiger partial charge in [0, 0.05) is 0 Å². The van der Waals surface area contributed by atoms with Crippen LogP contribution in [0.15, 0.2) is 0 Å². The second kappa shape index (κ2) is 3.01. The molecule has 0 aliphatic heterocycles. The molecular formula is C6H15NOSi. The van der Waals surface area contributed by atoms with Crippen molar-refractivity contribution in [1.82, 2.24) is 0 Å². The van der Waals surface area contributed by atoms with Crippen molar-refractivity contribution in [2.24, 2.45) is 5.73 Å². The molecule has 0 aliphatic carbocycles. The van der Waals surface area contributed by atoms with E-state index in [1.54, 1.807) is 0 Å². The summed E-state index contributed by atoms with van der Waals surface area (Å²) < 4.78 is 0. The zero-order chi connectivity index (χ0) is 7.49. The average molecular weight is 145 g/mol. The molecule has 2 nitrogen and oxygen atoms in total. The number of nitrogens with two attached hydrogens (primary N) is 1. The van der Waals surface area contributed by atoms with Crippen molar-refractivity contribution in [1.29, 1.82) is 0 Å². The van der Waals surface area contributed by atoms with Gasteiger partial charge in [-0.1, -0.05) is 26.4 Å². The molecule has 0 unspecified atom stereocenters. The lowest BCUT2D eigenvalue weighted by Gasteiger charge is -2.15. The predicted octanol–water partition coefficient (Wildman–Crippen LogP) is 1.77. The van der Waals surface area contributed by atoms with Gasteiger partial charge in [-0.2, -0.15) is 0 Å². The summed E-state index contributed by atoms with van der Waals surface area (Å²) in [5, 5.41) is 0. The van der Waals surface area contributed by atoms with Crippen LogP contribution in [-0.2, 0) is 0 Å². The molecule has 1 amide bonds. The molecular weight excluding hydrogens is 130 g/mol. The topological polar surface area (TPSA) is 43.1 Å². The van der Waals surface area contributed by atoms with Crippen molar-refractivity contribution in [3.63, 3.8) is 0 Å². The Morgan fingerprint density at radius 3 is 2.11 bits per heavy atom. The highest BCUT2D eigenvalue weighted by atomic mass is 28.3. The molecule has 2 N–H and O–H groups in total. The van der Waals surface area contributed by atoms with Crippen LogP contribution in [0.4, 0.5) is 4.79 Å². The van der Waals surface area contributed by atoms with E-state index in [2.05, 4.69) is 6.92 Å². The molecule has 9 heavy (non-hydrogen) atoms. The van der Waals surface area contributed by atoms with Crippen LogP contribution in [0.2, 0.25) is 19.1 Å². The maximum atomic E-state index is 10.7. The van der Waals surface area contributed by atoms with Crippen LogP contribution >= 0.6 is 0 Å². The van der Waals surface area contributed by atoms with Crippen LogP contribution in [0.1, 0.15) is 13.3 Å². The van der Waals surface area contributed by atoms with Gasteiger partial charge >= 0.3 is 0 Å². The molecule has 0 radical (unpaired) electrons. The average Bonchev–Trinajstić information content (AvgIpc) is 1.65. The van der Waals surface area contributed by atoms with Crippen LogP contribution in [0.5, 0.6) is 0 Å². The summed E-state index contributed by atoms with van der Waals surface area (Å²) in [6.07, 6.45) is 1.07. The third-order valence-corrected chi connectivity index (χ3v) is 4.63. The number of hydrogen-bond donors (Lipinski definition) is 1. The van der Waals surface area contributed by atoms with E-state index >= 15 is 0 Å². The molecule has 0 heterocycles. The van der Waals surface area contributed by atoms with E-state index in [1.165, 1.54) is 0 Å². The van der Waals surface area contributed by atoms with Crippen LogP contribution in [0, 0.1) is 0 Å². The van der Waals surface area contributed by atoms with E-state index in [1.807, 2.05) is 13.1 Å². The molecule has 0 aromatic heterocycles. The van der Waals surface area contributed by atoms with Gasteiger partial charge < -0.3 is 5.73 Å².